The van der Waals surface area contributed by atoms with E-state index < -0.39 is 0 Å². The van der Waals surface area contributed by atoms with Gasteiger partial charge in [-0.25, -0.2) is 0 Å². The highest BCUT2D eigenvalue weighted by Gasteiger charge is 2.03. The van der Waals surface area contributed by atoms with E-state index >= 15 is 0 Å². The molecule has 0 heterocycles. The average Bonchev–Trinajstić information content (AvgIpc) is 2.41. The van der Waals surface area contributed by atoms with Crippen LogP contribution in [0.1, 0.15) is 22.3 Å². The van der Waals surface area contributed by atoms with Gasteiger partial charge < -0.3 is 10.7 Å². The van der Waals surface area contributed by atoms with Crippen molar-refractivity contribution in [2.45, 2.75) is 20.4 Å². The highest BCUT2D eigenvalue weighted by molar-refractivity contribution is 6.30. The molecule has 0 radical (unpaired) electrons. The molecule has 0 unspecified atom stereocenters. The first kappa shape index (κ1) is 13.6. The summed E-state index contributed by atoms with van der Waals surface area (Å²) >= 11 is 5.86. The lowest BCUT2D eigenvalue weighted by Gasteiger charge is -2.12. The second-order valence-electron chi connectivity index (χ2n) is 4.65. The zero-order valence-electron chi connectivity index (χ0n) is 11.1. The predicted octanol–water partition coefficient (Wildman–Crippen LogP) is 4.57. The van der Waals surface area contributed by atoms with Crippen molar-refractivity contribution in [3.8, 4) is 0 Å². The van der Waals surface area contributed by atoms with Crippen molar-refractivity contribution in [3.63, 3.8) is 0 Å². The molecule has 0 amide bonds. The van der Waals surface area contributed by atoms with Crippen LogP contribution in [0.15, 0.2) is 36.4 Å². The predicted molar refractivity (Wildman–Crippen MR) is 82.6 cm³/mol. The molecule has 0 saturated carbocycles. The van der Waals surface area contributed by atoms with Crippen LogP contribution in [0.3, 0.4) is 0 Å². The highest BCUT2D eigenvalue weighted by atomic mass is 35.5. The van der Waals surface area contributed by atoms with Crippen molar-refractivity contribution in [2.75, 3.05) is 5.32 Å². The molecule has 2 aromatic rings. The van der Waals surface area contributed by atoms with Crippen LogP contribution in [0.4, 0.5) is 5.69 Å². The van der Waals surface area contributed by atoms with Crippen LogP contribution in [0.25, 0.3) is 0 Å². The van der Waals surface area contributed by atoms with Crippen LogP contribution in [-0.4, -0.2) is 6.21 Å². The van der Waals surface area contributed by atoms with Crippen molar-refractivity contribution in [1.82, 2.24) is 0 Å². The molecule has 2 aromatic carbocycles. The molecule has 0 spiro atoms. The largest absolute Gasteiger partial charge is 0.380 e. The fourth-order valence-corrected chi connectivity index (χ4v) is 2.04. The third kappa shape index (κ3) is 3.36. The summed E-state index contributed by atoms with van der Waals surface area (Å²) in [6, 6.07) is 11.9. The van der Waals surface area contributed by atoms with Crippen molar-refractivity contribution in [2.24, 2.45) is 0 Å². The molecule has 19 heavy (non-hydrogen) atoms. The number of hydrogen-bond acceptors (Lipinski definition) is 2. The van der Waals surface area contributed by atoms with E-state index in [1.807, 2.05) is 30.3 Å². The van der Waals surface area contributed by atoms with Gasteiger partial charge in [0.2, 0.25) is 0 Å². The van der Waals surface area contributed by atoms with E-state index in [0.717, 1.165) is 22.8 Å². The molecule has 0 aliphatic rings. The van der Waals surface area contributed by atoms with Crippen molar-refractivity contribution < 1.29 is 0 Å². The second-order valence-corrected chi connectivity index (χ2v) is 5.08. The molecule has 98 valence electrons. The zero-order chi connectivity index (χ0) is 13.8. The van der Waals surface area contributed by atoms with Gasteiger partial charge in [0.05, 0.1) is 0 Å². The lowest BCUT2D eigenvalue weighted by Crippen LogP contribution is -2.03. The SMILES string of the molecule is Cc1cc(C=N)c(NCc2ccc(Cl)cc2)cc1C. The van der Waals surface area contributed by atoms with Crippen LogP contribution < -0.4 is 5.32 Å². The molecule has 0 fully saturated rings. The summed E-state index contributed by atoms with van der Waals surface area (Å²) < 4.78 is 0. The smallest absolute Gasteiger partial charge is 0.0434 e. The van der Waals surface area contributed by atoms with Crippen molar-refractivity contribution >= 4 is 23.5 Å². The topological polar surface area (TPSA) is 35.9 Å². The average molecular weight is 273 g/mol. The normalized spacial score (nSPS) is 10.3. The third-order valence-electron chi connectivity index (χ3n) is 3.22. The van der Waals surface area contributed by atoms with Gasteiger partial charge in [0.15, 0.2) is 0 Å². The number of rotatable bonds is 4. The minimum atomic E-state index is 0.723. The Hall–Kier alpha value is -1.80. The maximum absolute atomic E-state index is 7.48. The Morgan fingerprint density at radius 2 is 1.74 bits per heavy atom. The fourth-order valence-electron chi connectivity index (χ4n) is 1.91. The van der Waals surface area contributed by atoms with Crippen molar-refractivity contribution in [1.29, 1.82) is 5.41 Å². The van der Waals surface area contributed by atoms with E-state index in [2.05, 4.69) is 25.2 Å². The summed E-state index contributed by atoms with van der Waals surface area (Å²) in [4.78, 5) is 0. The molecule has 2 nitrogen and oxygen atoms in total. The molecule has 0 bridgehead atoms. The van der Waals surface area contributed by atoms with Crippen LogP contribution in [0, 0.1) is 19.3 Å². The zero-order valence-corrected chi connectivity index (χ0v) is 11.9. The first-order valence-electron chi connectivity index (χ1n) is 6.20. The van der Waals surface area contributed by atoms with Crippen molar-refractivity contribution in [3.05, 3.63) is 63.7 Å². The molecular weight excluding hydrogens is 256 g/mol. The Bertz CT molecular complexity index is 588. The third-order valence-corrected chi connectivity index (χ3v) is 3.47. The Labute approximate surface area is 118 Å². The van der Waals surface area contributed by atoms with E-state index in [4.69, 9.17) is 17.0 Å². The van der Waals surface area contributed by atoms with Gasteiger partial charge in [0, 0.05) is 29.0 Å². The molecular formula is C16H17ClN2. The molecule has 2 rings (SSSR count). The number of aryl methyl sites for hydroxylation is 2. The Balaban J connectivity index is 2.17. The highest BCUT2D eigenvalue weighted by Crippen LogP contribution is 2.20. The maximum atomic E-state index is 7.48. The number of hydrogen-bond donors (Lipinski definition) is 2. The fraction of sp³-hybridized carbons (Fsp3) is 0.188. The van der Waals surface area contributed by atoms with Crippen LogP contribution in [-0.2, 0) is 6.54 Å². The van der Waals surface area contributed by atoms with E-state index in [0.29, 0.717) is 0 Å². The summed E-state index contributed by atoms with van der Waals surface area (Å²) in [7, 11) is 0. The standard InChI is InChI=1S/C16H17ClN2/c1-11-7-14(9-18)16(8-12(11)2)19-10-13-3-5-15(17)6-4-13/h3-9,18-19H,10H2,1-2H3. The summed E-state index contributed by atoms with van der Waals surface area (Å²) in [5.74, 6) is 0. The van der Waals surface area contributed by atoms with Gasteiger partial charge in [-0.2, -0.15) is 0 Å². The summed E-state index contributed by atoms with van der Waals surface area (Å²) in [5.41, 5.74) is 5.50. The van der Waals surface area contributed by atoms with Crippen LogP contribution >= 0.6 is 11.6 Å². The molecule has 0 aromatic heterocycles. The Kier molecular flexibility index (Phi) is 4.23. The van der Waals surface area contributed by atoms with E-state index in [1.165, 1.54) is 22.9 Å². The van der Waals surface area contributed by atoms with Crippen LogP contribution in [0.5, 0.6) is 0 Å². The van der Waals surface area contributed by atoms with Gasteiger partial charge in [0.1, 0.15) is 0 Å². The van der Waals surface area contributed by atoms with Gasteiger partial charge >= 0.3 is 0 Å². The van der Waals surface area contributed by atoms with Crippen LogP contribution in [0.2, 0.25) is 5.02 Å². The lowest BCUT2D eigenvalue weighted by molar-refractivity contribution is 1.14. The van der Waals surface area contributed by atoms with Gasteiger partial charge in [-0.1, -0.05) is 23.7 Å². The number of anilines is 1. The minimum Gasteiger partial charge on any atom is -0.380 e. The molecule has 0 aliphatic carbocycles. The van der Waals surface area contributed by atoms with Gasteiger partial charge in [-0.3, -0.25) is 0 Å². The number of halogens is 1. The number of benzene rings is 2. The van der Waals surface area contributed by atoms with Gasteiger partial charge in [-0.15, -0.1) is 0 Å². The summed E-state index contributed by atoms with van der Waals surface area (Å²) in [5, 5.41) is 11.6. The van der Waals surface area contributed by atoms with Gasteiger partial charge in [-0.05, 0) is 54.8 Å². The van der Waals surface area contributed by atoms with E-state index in [9.17, 15) is 0 Å². The molecule has 0 atom stereocenters. The Morgan fingerprint density at radius 1 is 1.11 bits per heavy atom. The maximum Gasteiger partial charge on any atom is 0.0434 e. The van der Waals surface area contributed by atoms with Gasteiger partial charge in [0.25, 0.3) is 0 Å². The quantitative estimate of drug-likeness (QED) is 0.786. The molecule has 0 saturated heterocycles. The first-order chi connectivity index (χ1) is 9.10. The first-order valence-corrected chi connectivity index (χ1v) is 6.58. The number of nitrogens with one attached hydrogen (secondary N) is 2. The van der Waals surface area contributed by atoms with E-state index in [-0.39, 0.29) is 0 Å². The molecule has 3 heteroatoms. The summed E-state index contributed by atoms with van der Waals surface area (Å²) in [6.07, 6.45) is 1.39. The molecule has 2 N–H and O–H groups in total. The van der Waals surface area contributed by atoms with E-state index in [1.54, 1.807) is 0 Å². The summed E-state index contributed by atoms with van der Waals surface area (Å²) in [6.45, 7) is 4.86. The monoisotopic (exact) mass is 272 g/mol. The minimum absolute atomic E-state index is 0.723. The lowest BCUT2D eigenvalue weighted by atomic mass is 10.0. The second kappa shape index (κ2) is 5.89. The Morgan fingerprint density at radius 3 is 2.37 bits per heavy atom. The molecule has 0 aliphatic heterocycles.